The van der Waals surface area contributed by atoms with Gasteiger partial charge in [0.05, 0.1) is 13.0 Å². The standard InChI is InChI=1S/C17H20N2O6/c1-10(17(22)23-2)18-16(21)11-7-15(20)19(9-11)12-3-4-13-14(8-12)25-6-5-24-13/h3-4,8,10-11H,5-7,9H2,1-2H3,(H,18,21)/t10-,11?/m0/s1. The van der Waals surface area contributed by atoms with E-state index in [9.17, 15) is 14.4 Å². The Morgan fingerprint density at radius 2 is 2.00 bits per heavy atom. The predicted molar refractivity (Wildman–Crippen MR) is 87.5 cm³/mol. The number of methoxy groups -OCH3 is 1. The smallest absolute Gasteiger partial charge is 0.328 e. The molecule has 2 aliphatic heterocycles. The summed E-state index contributed by atoms with van der Waals surface area (Å²) in [6.45, 7) is 2.74. The molecule has 3 rings (SSSR count). The largest absolute Gasteiger partial charge is 0.486 e. The zero-order valence-electron chi connectivity index (χ0n) is 14.1. The Kier molecular flexibility index (Phi) is 4.78. The van der Waals surface area contributed by atoms with Crippen molar-refractivity contribution < 1.29 is 28.6 Å². The number of nitrogens with one attached hydrogen (secondary N) is 1. The van der Waals surface area contributed by atoms with E-state index in [-0.39, 0.29) is 24.8 Å². The molecular formula is C17H20N2O6. The quantitative estimate of drug-likeness (QED) is 0.796. The second-order valence-corrected chi connectivity index (χ2v) is 5.99. The van der Waals surface area contributed by atoms with Crippen LogP contribution < -0.4 is 19.7 Å². The fourth-order valence-electron chi connectivity index (χ4n) is 2.90. The van der Waals surface area contributed by atoms with Crippen LogP contribution in [0.25, 0.3) is 0 Å². The van der Waals surface area contributed by atoms with Crippen LogP contribution in [0.5, 0.6) is 11.5 Å². The number of hydrogen-bond donors (Lipinski definition) is 1. The minimum atomic E-state index is -0.754. The van der Waals surface area contributed by atoms with E-state index >= 15 is 0 Å². The molecule has 8 heteroatoms. The van der Waals surface area contributed by atoms with Gasteiger partial charge in [0.1, 0.15) is 19.3 Å². The number of anilines is 1. The summed E-state index contributed by atoms with van der Waals surface area (Å²) in [6, 6.07) is 4.51. The Morgan fingerprint density at radius 1 is 1.28 bits per heavy atom. The van der Waals surface area contributed by atoms with Crippen molar-refractivity contribution in [1.29, 1.82) is 0 Å². The molecule has 8 nitrogen and oxygen atoms in total. The molecule has 1 unspecified atom stereocenters. The minimum absolute atomic E-state index is 0.0914. The molecule has 25 heavy (non-hydrogen) atoms. The summed E-state index contributed by atoms with van der Waals surface area (Å²) < 4.78 is 15.6. The fourth-order valence-corrected chi connectivity index (χ4v) is 2.90. The lowest BCUT2D eigenvalue weighted by Crippen LogP contribution is -2.43. The Bertz CT molecular complexity index is 704. The highest BCUT2D eigenvalue weighted by Crippen LogP contribution is 2.35. The molecule has 0 aromatic heterocycles. The molecule has 134 valence electrons. The Balaban J connectivity index is 1.68. The van der Waals surface area contributed by atoms with E-state index in [0.29, 0.717) is 30.4 Å². The molecule has 2 heterocycles. The van der Waals surface area contributed by atoms with Gasteiger partial charge in [-0.1, -0.05) is 0 Å². The molecular weight excluding hydrogens is 328 g/mol. The highest BCUT2D eigenvalue weighted by Gasteiger charge is 2.36. The predicted octanol–water partition coefficient (Wildman–Crippen LogP) is 0.488. The normalized spacial score (nSPS) is 20.2. The number of esters is 1. The van der Waals surface area contributed by atoms with E-state index in [2.05, 4.69) is 10.1 Å². The number of fused-ring (bicyclic) bond motifs is 1. The van der Waals surface area contributed by atoms with Crippen molar-refractivity contribution >= 4 is 23.5 Å². The first-order valence-electron chi connectivity index (χ1n) is 8.08. The van der Waals surface area contributed by atoms with Gasteiger partial charge in [0, 0.05) is 24.7 Å². The van der Waals surface area contributed by atoms with Crippen LogP contribution in [0.3, 0.4) is 0 Å². The first-order chi connectivity index (χ1) is 12.0. The van der Waals surface area contributed by atoms with Gasteiger partial charge in [-0.15, -0.1) is 0 Å². The number of carbonyl (C=O) groups excluding carboxylic acids is 3. The van der Waals surface area contributed by atoms with Gasteiger partial charge in [0.15, 0.2) is 11.5 Å². The highest BCUT2D eigenvalue weighted by molar-refractivity contribution is 6.01. The Hall–Kier alpha value is -2.77. The molecule has 1 aromatic carbocycles. The van der Waals surface area contributed by atoms with Gasteiger partial charge in [-0.25, -0.2) is 4.79 Å². The number of carbonyl (C=O) groups is 3. The second kappa shape index (κ2) is 7.00. The summed E-state index contributed by atoms with van der Waals surface area (Å²) in [5.41, 5.74) is 0.658. The van der Waals surface area contributed by atoms with Gasteiger partial charge < -0.3 is 24.4 Å². The lowest BCUT2D eigenvalue weighted by Gasteiger charge is -2.22. The number of benzene rings is 1. The fraction of sp³-hybridized carbons (Fsp3) is 0.471. The van der Waals surface area contributed by atoms with E-state index in [1.165, 1.54) is 7.11 Å². The zero-order chi connectivity index (χ0) is 18.0. The molecule has 1 saturated heterocycles. The number of hydrogen-bond acceptors (Lipinski definition) is 6. The van der Waals surface area contributed by atoms with Crippen molar-refractivity contribution in [1.82, 2.24) is 5.32 Å². The van der Waals surface area contributed by atoms with E-state index in [0.717, 1.165) is 0 Å². The number of ether oxygens (including phenoxy) is 3. The van der Waals surface area contributed by atoms with Gasteiger partial charge in [0.2, 0.25) is 11.8 Å². The minimum Gasteiger partial charge on any atom is -0.486 e. The molecule has 0 radical (unpaired) electrons. The molecule has 2 aliphatic rings. The van der Waals surface area contributed by atoms with Crippen LogP contribution in [0.1, 0.15) is 13.3 Å². The van der Waals surface area contributed by atoms with Gasteiger partial charge in [-0.3, -0.25) is 9.59 Å². The summed E-state index contributed by atoms with van der Waals surface area (Å²) in [5, 5.41) is 2.58. The van der Waals surface area contributed by atoms with E-state index < -0.39 is 17.9 Å². The van der Waals surface area contributed by atoms with Crippen molar-refractivity contribution in [2.75, 3.05) is 31.8 Å². The molecule has 0 spiro atoms. The van der Waals surface area contributed by atoms with Gasteiger partial charge >= 0.3 is 5.97 Å². The summed E-state index contributed by atoms with van der Waals surface area (Å²) >= 11 is 0. The maximum atomic E-state index is 12.3. The van der Waals surface area contributed by atoms with Gasteiger partial charge in [0.25, 0.3) is 0 Å². The first-order valence-corrected chi connectivity index (χ1v) is 8.08. The van der Waals surface area contributed by atoms with Crippen molar-refractivity contribution in [2.45, 2.75) is 19.4 Å². The van der Waals surface area contributed by atoms with Gasteiger partial charge in [-0.05, 0) is 19.1 Å². The number of amides is 2. The SMILES string of the molecule is COC(=O)[C@H](C)NC(=O)C1CC(=O)N(c2ccc3c(c2)OCCO3)C1. The number of rotatable bonds is 4. The van der Waals surface area contributed by atoms with Crippen molar-refractivity contribution in [3.05, 3.63) is 18.2 Å². The van der Waals surface area contributed by atoms with E-state index in [1.54, 1.807) is 30.0 Å². The third-order valence-corrected chi connectivity index (χ3v) is 4.25. The van der Waals surface area contributed by atoms with Crippen LogP contribution in [0.2, 0.25) is 0 Å². The molecule has 1 N–H and O–H groups in total. The third kappa shape index (κ3) is 3.52. The van der Waals surface area contributed by atoms with Crippen molar-refractivity contribution in [2.24, 2.45) is 5.92 Å². The van der Waals surface area contributed by atoms with Crippen LogP contribution in [-0.2, 0) is 19.1 Å². The van der Waals surface area contributed by atoms with Crippen molar-refractivity contribution in [3.63, 3.8) is 0 Å². The average Bonchev–Trinajstić information content (AvgIpc) is 3.02. The second-order valence-electron chi connectivity index (χ2n) is 5.99. The third-order valence-electron chi connectivity index (χ3n) is 4.25. The van der Waals surface area contributed by atoms with E-state index in [4.69, 9.17) is 9.47 Å². The van der Waals surface area contributed by atoms with Crippen molar-refractivity contribution in [3.8, 4) is 11.5 Å². The molecule has 0 aliphatic carbocycles. The van der Waals surface area contributed by atoms with Crippen LogP contribution in [0.4, 0.5) is 5.69 Å². The molecule has 1 fully saturated rings. The summed E-state index contributed by atoms with van der Waals surface area (Å²) in [5.74, 6) is -0.311. The van der Waals surface area contributed by atoms with E-state index in [1.807, 2.05) is 0 Å². The Morgan fingerprint density at radius 3 is 2.72 bits per heavy atom. The molecule has 1 aromatic rings. The van der Waals surface area contributed by atoms with Crippen LogP contribution in [0.15, 0.2) is 18.2 Å². The maximum Gasteiger partial charge on any atom is 0.328 e. The average molecular weight is 348 g/mol. The first kappa shape index (κ1) is 17.1. The molecule has 0 saturated carbocycles. The molecule has 2 atom stereocenters. The maximum absolute atomic E-state index is 12.3. The molecule has 2 amide bonds. The zero-order valence-corrected chi connectivity index (χ0v) is 14.1. The van der Waals surface area contributed by atoms with Crippen LogP contribution in [0, 0.1) is 5.92 Å². The Labute approximate surface area is 145 Å². The summed E-state index contributed by atoms with van der Waals surface area (Å²) in [7, 11) is 1.26. The summed E-state index contributed by atoms with van der Waals surface area (Å²) in [4.78, 5) is 37.6. The lowest BCUT2D eigenvalue weighted by atomic mass is 10.1. The summed E-state index contributed by atoms with van der Waals surface area (Å²) in [6.07, 6.45) is 0.0914. The number of nitrogens with zero attached hydrogens (tertiary/aromatic N) is 1. The topological polar surface area (TPSA) is 94.2 Å². The molecule has 0 bridgehead atoms. The highest BCUT2D eigenvalue weighted by atomic mass is 16.6. The lowest BCUT2D eigenvalue weighted by molar-refractivity contribution is -0.144. The van der Waals surface area contributed by atoms with Crippen LogP contribution >= 0.6 is 0 Å². The van der Waals surface area contributed by atoms with Gasteiger partial charge in [-0.2, -0.15) is 0 Å². The van der Waals surface area contributed by atoms with Crippen LogP contribution in [-0.4, -0.2) is 50.7 Å². The monoisotopic (exact) mass is 348 g/mol.